The molecule has 1 heterocycles. The van der Waals surface area contributed by atoms with Gasteiger partial charge >= 0.3 is 0 Å². The van der Waals surface area contributed by atoms with Crippen molar-refractivity contribution in [2.24, 2.45) is 16.7 Å². The van der Waals surface area contributed by atoms with Crippen molar-refractivity contribution in [3.05, 3.63) is 41.8 Å². The van der Waals surface area contributed by atoms with Crippen LogP contribution in [0.2, 0.25) is 0 Å². The fraction of sp³-hybridized carbons (Fsp3) is 0.545. The average molecular weight is 354 g/mol. The van der Waals surface area contributed by atoms with Crippen molar-refractivity contribution in [1.29, 1.82) is 0 Å². The third kappa shape index (κ3) is 2.70. The third-order valence-corrected chi connectivity index (χ3v) is 7.26. The highest BCUT2D eigenvalue weighted by molar-refractivity contribution is 5.82. The van der Waals surface area contributed by atoms with Gasteiger partial charge in [0.15, 0.2) is 0 Å². The van der Waals surface area contributed by atoms with Crippen molar-refractivity contribution in [2.75, 3.05) is 7.05 Å². The number of fused-ring (bicyclic) bond motifs is 2. The van der Waals surface area contributed by atoms with Crippen LogP contribution in [-0.4, -0.2) is 17.9 Å². The second-order valence-electron chi connectivity index (χ2n) is 8.94. The second kappa shape index (κ2) is 6.04. The van der Waals surface area contributed by atoms with E-state index in [1.165, 1.54) is 11.6 Å². The number of halogens is 1. The van der Waals surface area contributed by atoms with Crippen molar-refractivity contribution < 1.29 is 9.18 Å². The van der Waals surface area contributed by atoms with Gasteiger partial charge in [0.2, 0.25) is 5.91 Å². The van der Waals surface area contributed by atoms with Crippen molar-refractivity contribution in [1.82, 2.24) is 10.3 Å². The molecule has 0 spiro atoms. The highest BCUT2D eigenvalue weighted by Crippen LogP contribution is 2.68. The molecule has 138 valence electrons. The van der Waals surface area contributed by atoms with Crippen molar-refractivity contribution in [3.63, 3.8) is 0 Å². The topological polar surface area (TPSA) is 42.0 Å². The number of hydrogen-bond donors (Lipinski definition) is 1. The van der Waals surface area contributed by atoms with Crippen molar-refractivity contribution in [2.45, 2.75) is 51.9 Å². The molecule has 26 heavy (non-hydrogen) atoms. The van der Waals surface area contributed by atoms with Gasteiger partial charge in [-0.25, -0.2) is 4.39 Å². The molecule has 0 radical (unpaired) electrons. The SMILES string of the molecule is CNC(=O)C[C@H]1C[C@@]2(C)C[C@@H](c3ccnc4ccc(F)cc34)C[C@@]2(C)C1. The van der Waals surface area contributed by atoms with Gasteiger partial charge in [-0.15, -0.1) is 0 Å². The minimum atomic E-state index is -0.201. The van der Waals surface area contributed by atoms with Gasteiger partial charge < -0.3 is 5.32 Å². The Labute approximate surface area is 154 Å². The predicted octanol–water partition coefficient (Wildman–Crippen LogP) is 4.81. The minimum absolute atomic E-state index is 0.148. The van der Waals surface area contributed by atoms with Crippen LogP contribution in [0.25, 0.3) is 10.9 Å². The number of carbonyl (C=O) groups is 1. The van der Waals surface area contributed by atoms with Crippen LogP contribution in [0.1, 0.15) is 57.4 Å². The maximum absolute atomic E-state index is 13.8. The van der Waals surface area contributed by atoms with E-state index in [4.69, 9.17) is 0 Å². The Morgan fingerprint density at radius 3 is 2.54 bits per heavy atom. The first kappa shape index (κ1) is 17.4. The molecule has 2 fully saturated rings. The quantitative estimate of drug-likeness (QED) is 0.859. The molecular formula is C22H27FN2O. The average Bonchev–Trinajstić information content (AvgIpc) is 2.97. The van der Waals surface area contributed by atoms with Gasteiger partial charge in [-0.2, -0.15) is 0 Å². The lowest BCUT2D eigenvalue weighted by Gasteiger charge is -2.34. The normalized spacial score (nSPS) is 33.4. The highest BCUT2D eigenvalue weighted by atomic mass is 19.1. The Hall–Kier alpha value is -1.97. The van der Waals surface area contributed by atoms with Crippen molar-refractivity contribution in [3.8, 4) is 0 Å². The van der Waals surface area contributed by atoms with Gasteiger partial charge in [-0.3, -0.25) is 9.78 Å². The number of pyridine rings is 1. The molecule has 0 aliphatic heterocycles. The summed E-state index contributed by atoms with van der Waals surface area (Å²) in [7, 11) is 1.71. The monoisotopic (exact) mass is 354 g/mol. The van der Waals surface area contributed by atoms with E-state index < -0.39 is 0 Å². The summed E-state index contributed by atoms with van der Waals surface area (Å²) in [5.41, 5.74) is 2.57. The molecular weight excluding hydrogens is 327 g/mol. The van der Waals surface area contributed by atoms with Crippen LogP contribution in [0.4, 0.5) is 4.39 Å². The van der Waals surface area contributed by atoms with E-state index in [1.807, 2.05) is 6.20 Å². The molecule has 4 heteroatoms. The smallest absolute Gasteiger partial charge is 0.220 e. The van der Waals surface area contributed by atoms with Crippen LogP contribution in [0.3, 0.4) is 0 Å². The molecule has 4 atom stereocenters. The van der Waals surface area contributed by atoms with Crippen LogP contribution in [0, 0.1) is 22.6 Å². The summed E-state index contributed by atoms with van der Waals surface area (Å²) in [6, 6.07) is 6.95. The maximum atomic E-state index is 13.8. The molecule has 2 aliphatic carbocycles. The fourth-order valence-electron chi connectivity index (χ4n) is 5.88. The molecule has 0 unspecified atom stereocenters. The van der Waals surface area contributed by atoms with E-state index in [1.54, 1.807) is 19.2 Å². The Balaban J connectivity index is 1.62. The van der Waals surface area contributed by atoms with Gasteiger partial charge in [-0.05, 0) is 78.2 Å². The number of rotatable bonds is 3. The first-order chi connectivity index (χ1) is 12.3. The largest absolute Gasteiger partial charge is 0.359 e. The van der Waals surface area contributed by atoms with Gasteiger partial charge in [0.05, 0.1) is 5.52 Å². The summed E-state index contributed by atoms with van der Waals surface area (Å²) in [4.78, 5) is 16.2. The predicted molar refractivity (Wildman–Crippen MR) is 101 cm³/mol. The van der Waals surface area contributed by atoms with E-state index in [9.17, 15) is 9.18 Å². The van der Waals surface area contributed by atoms with Gasteiger partial charge in [0, 0.05) is 25.1 Å². The molecule has 2 aromatic rings. The van der Waals surface area contributed by atoms with Crippen LogP contribution in [-0.2, 0) is 4.79 Å². The highest BCUT2D eigenvalue weighted by Gasteiger charge is 2.58. The molecule has 1 N–H and O–H groups in total. The second-order valence-corrected chi connectivity index (χ2v) is 8.94. The van der Waals surface area contributed by atoms with E-state index in [-0.39, 0.29) is 22.6 Å². The summed E-state index contributed by atoms with van der Waals surface area (Å²) < 4.78 is 13.8. The molecule has 1 aromatic heterocycles. The number of carbonyl (C=O) groups excluding carboxylic acids is 1. The number of nitrogens with zero attached hydrogens (tertiary/aromatic N) is 1. The lowest BCUT2D eigenvalue weighted by molar-refractivity contribution is -0.121. The Bertz CT molecular complexity index is 846. The van der Waals surface area contributed by atoms with E-state index in [2.05, 4.69) is 30.2 Å². The first-order valence-electron chi connectivity index (χ1n) is 9.58. The Morgan fingerprint density at radius 1 is 1.19 bits per heavy atom. The van der Waals surface area contributed by atoms with E-state index in [0.29, 0.717) is 18.3 Å². The van der Waals surface area contributed by atoms with E-state index >= 15 is 0 Å². The van der Waals surface area contributed by atoms with Crippen molar-refractivity contribution >= 4 is 16.8 Å². The van der Waals surface area contributed by atoms with Gasteiger partial charge in [-0.1, -0.05) is 13.8 Å². The molecule has 4 rings (SSSR count). The Morgan fingerprint density at radius 2 is 1.88 bits per heavy atom. The third-order valence-electron chi connectivity index (χ3n) is 7.26. The summed E-state index contributed by atoms with van der Waals surface area (Å²) in [5.74, 6) is 0.845. The number of nitrogens with one attached hydrogen (secondary N) is 1. The summed E-state index contributed by atoms with van der Waals surface area (Å²) in [6.07, 6.45) is 6.89. The summed E-state index contributed by atoms with van der Waals surface area (Å²) >= 11 is 0. The lowest BCUT2D eigenvalue weighted by atomic mass is 9.71. The first-order valence-corrected chi connectivity index (χ1v) is 9.58. The molecule has 3 nitrogen and oxygen atoms in total. The Kier molecular flexibility index (Phi) is 4.05. The van der Waals surface area contributed by atoms with Crippen LogP contribution in [0.5, 0.6) is 0 Å². The summed E-state index contributed by atoms with van der Waals surface area (Å²) in [5, 5.41) is 3.71. The zero-order valence-electron chi connectivity index (χ0n) is 15.8. The maximum Gasteiger partial charge on any atom is 0.220 e. The van der Waals surface area contributed by atoms with E-state index in [0.717, 1.165) is 36.6 Å². The number of hydrogen-bond acceptors (Lipinski definition) is 2. The number of amides is 1. The standard InChI is InChI=1S/C22H27FN2O/c1-21-10-14(8-20(26)24-3)11-22(21,2)13-15(12-21)17-6-7-25-19-5-4-16(23)9-18(17)19/h4-7,9,14-15H,8,10-13H2,1-3H3,(H,24,26)/t14-,15+,21-,22+. The minimum Gasteiger partial charge on any atom is -0.359 e. The molecule has 0 saturated heterocycles. The summed E-state index contributed by atoms with van der Waals surface area (Å²) in [6.45, 7) is 4.78. The molecule has 2 saturated carbocycles. The van der Waals surface area contributed by atoms with Crippen LogP contribution < -0.4 is 5.32 Å². The molecule has 1 aromatic carbocycles. The number of benzene rings is 1. The zero-order chi connectivity index (χ0) is 18.5. The van der Waals surface area contributed by atoms with Crippen LogP contribution >= 0.6 is 0 Å². The van der Waals surface area contributed by atoms with Gasteiger partial charge in [0.1, 0.15) is 5.82 Å². The molecule has 2 aliphatic rings. The fourth-order valence-corrected chi connectivity index (χ4v) is 5.88. The lowest BCUT2D eigenvalue weighted by Crippen LogP contribution is -2.25. The number of aromatic nitrogens is 1. The van der Waals surface area contributed by atoms with Gasteiger partial charge in [0.25, 0.3) is 0 Å². The molecule has 0 bridgehead atoms. The van der Waals surface area contributed by atoms with Crippen LogP contribution in [0.15, 0.2) is 30.5 Å². The molecule has 1 amide bonds. The zero-order valence-corrected chi connectivity index (χ0v) is 15.8.